The third-order valence-electron chi connectivity index (χ3n) is 4.60. The minimum atomic E-state index is -0.564. The minimum Gasteiger partial charge on any atom is -0.462 e. The van der Waals surface area contributed by atoms with Gasteiger partial charge in [0.1, 0.15) is 11.6 Å². The highest BCUT2D eigenvalue weighted by atomic mass is 16.7. The molecule has 1 aromatic carbocycles. The summed E-state index contributed by atoms with van der Waals surface area (Å²) < 4.78 is 15.9. The average Bonchev–Trinajstić information content (AvgIpc) is 2.71. The van der Waals surface area contributed by atoms with Crippen molar-refractivity contribution in [2.75, 3.05) is 49.9 Å². The summed E-state index contributed by atoms with van der Waals surface area (Å²) in [6.07, 6.45) is 0.851. The van der Waals surface area contributed by atoms with E-state index in [-0.39, 0.29) is 29.5 Å². The van der Waals surface area contributed by atoms with E-state index in [0.29, 0.717) is 30.7 Å². The van der Waals surface area contributed by atoms with Crippen molar-refractivity contribution in [3.05, 3.63) is 35.4 Å². The summed E-state index contributed by atoms with van der Waals surface area (Å²) in [6.45, 7) is 2.79. The van der Waals surface area contributed by atoms with Crippen LogP contribution in [-0.4, -0.2) is 49.6 Å². The third-order valence-corrected chi connectivity index (χ3v) is 4.60. The molecule has 1 aromatic heterocycles. The van der Waals surface area contributed by atoms with E-state index in [1.807, 2.05) is 12.1 Å². The predicted molar refractivity (Wildman–Crippen MR) is 116 cm³/mol. The number of carbonyl (C=O) groups excluding carboxylic acids is 1. The van der Waals surface area contributed by atoms with E-state index in [2.05, 4.69) is 15.3 Å². The van der Waals surface area contributed by atoms with Crippen molar-refractivity contribution >= 4 is 29.2 Å². The van der Waals surface area contributed by atoms with Crippen LogP contribution in [0.3, 0.4) is 0 Å². The molecule has 0 amide bonds. The number of benzene rings is 1. The Bertz CT molecular complexity index is 804. The van der Waals surface area contributed by atoms with Crippen molar-refractivity contribution in [1.29, 1.82) is 0 Å². The summed E-state index contributed by atoms with van der Waals surface area (Å²) in [5, 5.41) is 3.32. The first-order valence-electron chi connectivity index (χ1n) is 9.66. The summed E-state index contributed by atoms with van der Waals surface area (Å²) in [6, 6.07) is 7.12. The zero-order valence-corrected chi connectivity index (χ0v) is 17.6. The van der Waals surface area contributed by atoms with Crippen molar-refractivity contribution in [2.24, 2.45) is 0 Å². The van der Waals surface area contributed by atoms with Crippen LogP contribution in [0.4, 0.5) is 23.3 Å². The van der Waals surface area contributed by atoms with Crippen molar-refractivity contribution in [2.45, 2.75) is 32.0 Å². The first-order chi connectivity index (χ1) is 14.4. The number of methoxy groups -OCH3 is 2. The lowest BCUT2D eigenvalue weighted by molar-refractivity contribution is -0.119. The molecule has 0 saturated heterocycles. The normalized spacial score (nSPS) is 12.0. The molecule has 1 heterocycles. The van der Waals surface area contributed by atoms with Crippen LogP contribution in [0.5, 0.6) is 0 Å². The average molecular weight is 418 g/mol. The summed E-state index contributed by atoms with van der Waals surface area (Å²) in [7, 11) is 3.10. The summed E-state index contributed by atoms with van der Waals surface area (Å²) in [5.41, 5.74) is 19.7. The largest absolute Gasteiger partial charge is 0.462 e. The Balaban J connectivity index is 2.01. The zero-order chi connectivity index (χ0) is 22.1. The maximum atomic E-state index is 11.7. The van der Waals surface area contributed by atoms with Gasteiger partial charge >= 0.3 is 5.97 Å². The molecule has 0 saturated carbocycles. The van der Waals surface area contributed by atoms with Crippen LogP contribution < -0.4 is 22.5 Å². The molecule has 0 aliphatic heterocycles. The van der Waals surface area contributed by atoms with Crippen molar-refractivity contribution in [1.82, 2.24) is 9.97 Å². The first-order valence-corrected chi connectivity index (χ1v) is 9.66. The number of nitrogens with one attached hydrogen (secondary N) is 1. The molecule has 1 atom stereocenters. The van der Waals surface area contributed by atoms with E-state index in [0.717, 1.165) is 12.1 Å². The monoisotopic (exact) mass is 418 g/mol. The molecule has 1 unspecified atom stereocenters. The van der Waals surface area contributed by atoms with Gasteiger partial charge in [-0.25, -0.2) is 4.79 Å². The van der Waals surface area contributed by atoms with Crippen LogP contribution in [0.1, 0.15) is 41.6 Å². The lowest BCUT2D eigenvalue weighted by Gasteiger charge is -2.26. The number of esters is 1. The number of rotatable bonds is 11. The summed E-state index contributed by atoms with van der Waals surface area (Å²) in [4.78, 5) is 19.8. The van der Waals surface area contributed by atoms with Crippen LogP contribution >= 0.6 is 0 Å². The molecule has 10 heteroatoms. The Hall–Kier alpha value is -3.11. The highest BCUT2D eigenvalue weighted by molar-refractivity contribution is 5.89. The second-order valence-corrected chi connectivity index (χ2v) is 6.58. The van der Waals surface area contributed by atoms with Crippen LogP contribution in [0.25, 0.3) is 0 Å². The molecule has 2 rings (SSSR count). The molecule has 30 heavy (non-hydrogen) atoms. The number of hydrogen-bond donors (Lipinski definition) is 4. The molecule has 0 spiro atoms. The van der Waals surface area contributed by atoms with Crippen LogP contribution in [0.15, 0.2) is 24.3 Å². The predicted octanol–water partition coefficient (Wildman–Crippen LogP) is 1.99. The molecular formula is C20H30N6O4. The molecule has 2 aromatic rings. The number of nitrogen functional groups attached to an aromatic ring is 3. The van der Waals surface area contributed by atoms with Gasteiger partial charge in [0.05, 0.1) is 12.2 Å². The topological polar surface area (TPSA) is 161 Å². The molecule has 7 N–H and O–H groups in total. The zero-order valence-electron chi connectivity index (χ0n) is 17.6. The molecular weight excluding hydrogens is 388 g/mol. The van der Waals surface area contributed by atoms with E-state index in [4.69, 9.17) is 31.4 Å². The van der Waals surface area contributed by atoms with Gasteiger partial charge in [-0.1, -0.05) is 0 Å². The molecule has 10 nitrogen and oxygen atoms in total. The highest BCUT2D eigenvalue weighted by Crippen LogP contribution is 2.34. The first kappa shape index (κ1) is 23.2. The van der Waals surface area contributed by atoms with E-state index in [1.165, 1.54) is 0 Å². The standard InChI is InChI=1S/C20H30N6O4/c1-4-30-18(27)12-7-9-13(10-8-12)24-11-5-6-14(19(28-2)29-3)15-16(21)25-20(23)26-17(15)22/h7-10,14,19,24H,4-6,11H2,1-3H3,(H6,21,22,23,25,26). The molecule has 0 aliphatic carbocycles. The number of aromatic nitrogens is 2. The minimum absolute atomic E-state index is 0.0202. The quantitative estimate of drug-likeness (QED) is 0.241. The number of hydrogen-bond acceptors (Lipinski definition) is 10. The van der Waals surface area contributed by atoms with Crippen LogP contribution in [0, 0.1) is 0 Å². The highest BCUT2D eigenvalue weighted by Gasteiger charge is 2.28. The van der Waals surface area contributed by atoms with Gasteiger partial charge in [0.25, 0.3) is 0 Å². The third kappa shape index (κ3) is 5.94. The molecule has 164 valence electrons. The van der Waals surface area contributed by atoms with Crippen molar-refractivity contribution < 1.29 is 19.0 Å². The van der Waals surface area contributed by atoms with Gasteiger partial charge in [0.2, 0.25) is 5.95 Å². The van der Waals surface area contributed by atoms with Gasteiger partial charge in [0, 0.05) is 37.9 Å². The molecule has 0 aliphatic rings. The summed E-state index contributed by atoms with van der Waals surface area (Å²) >= 11 is 0. The fourth-order valence-corrected chi connectivity index (χ4v) is 3.24. The Morgan fingerprint density at radius 2 is 1.67 bits per heavy atom. The number of carbonyl (C=O) groups is 1. The molecule has 0 bridgehead atoms. The number of nitrogens with two attached hydrogens (primary N) is 3. The SMILES string of the molecule is CCOC(=O)c1ccc(NCCCC(c2c(N)nc(N)nc2N)C(OC)OC)cc1. The Morgan fingerprint density at radius 3 is 2.20 bits per heavy atom. The lowest BCUT2D eigenvalue weighted by atomic mass is 9.93. The van der Waals surface area contributed by atoms with Gasteiger partial charge < -0.3 is 36.7 Å². The number of anilines is 4. The van der Waals surface area contributed by atoms with E-state index in [9.17, 15) is 4.79 Å². The fraction of sp³-hybridized carbons (Fsp3) is 0.450. The van der Waals surface area contributed by atoms with E-state index in [1.54, 1.807) is 33.3 Å². The van der Waals surface area contributed by atoms with Gasteiger partial charge in [-0.3, -0.25) is 0 Å². The smallest absolute Gasteiger partial charge is 0.338 e. The second kappa shape index (κ2) is 11.2. The van der Waals surface area contributed by atoms with Gasteiger partial charge in [-0.2, -0.15) is 9.97 Å². The molecule has 0 fully saturated rings. The Labute approximate surface area is 176 Å². The van der Waals surface area contributed by atoms with Crippen LogP contribution in [-0.2, 0) is 14.2 Å². The maximum absolute atomic E-state index is 11.7. The van der Waals surface area contributed by atoms with Crippen molar-refractivity contribution in [3.63, 3.8) is 0 Å². The maximum Gasteiger partial charge on any atom is 0.338 e. The van der Waals surface area contributed by atoms with Crippen molar-refractivity contribution in [3.8, 4) is 0 Å². The summed E-state index contributed by atoms with van der Waals surface area (Å²) in [5.74, 6) is -0.156. The van der Waals surface area contributed by atoms with E-state index < -0.39 is 6.29 Å². The van der Waals surface area contributed by atoms with Gasteiger partial charge in [0.15, 0.2) is 6.29 Å². The second-order valence-electron chi connectivity index (χ2n) is 6.58. The van der Waals surface area contributed by atoms with E-state index >= 15 is 0 Å². The number of ether oxygens (including phenoxy) is 3. The van der Waals surface area contributed by atoms with Crippen LogP contribution in [0.2, 0.25) is 0 Å². The number of nitrogens with zero attached hydrogens (tertiary/aromatic N) is 2. The Kier molecular flexibility index (Phi) is 8.63. The van der Waals surface area contributed by atoms with Gasteiger partial charge in [-0.05, 0) is 44.0 Å². The molecule has 0 radical (unpaired) electrons. The lowest BCUT2D eigenvalue weighted by Crippen LogP contribution is -2.26. The van der Waals surface area contributed by atoms with Gasteiger partial charge in [-0.15, -0.1) is 0 Å². The fourth-order valence-electron chi connectivity index (χ4n) is 3.24. The Morgan fingerprint density at radius 1 is 1.07 bits per heavy atom.